The number of aliphatic hydroxyl groups is 1. The van der Waals surface area contributed by atoms with E-state index in [2.05, 4.69) is 25.8 Å². The van der Waals surface area contributed by atoms with E-state index in [4.69, 9.17) is 0 Å². The van der Waals surface area contributed by atoms with Crippen LogP contribution in [0.3, 0.4) is 0 Å². The molecule has 0 spiro atoms. The van der Waals surface area contributed by atoms with Crippen LogP contribution in [0, 0.1) is 0 Å². The first-order chi connectivity index (χ1) is 10.7. The summed E-state index contributed by atoms with van der Waals surface area (Å²) in [6, 6.07) is 3.47. The van der Waals surface area contributed by atoms with E-state index in [9.17, 15) is 9.90 Å². The summed E-state index contributed by atoms with van der Waals surface area (Å²) in [6.45, 7) is 0. The van der Waals surface area contributed by atoms with E-state index >= 15 is 0 Å². The standard InChI is InChI=1S/C14H17N5O2S/c20-11-4-2-1-3-10(11)17-12-6-5-9(7-15-12)13(21)18-14-19-16-8-22-14/h5-8,10-11,20H,1-4H2,(H,15,17)(H,18,19,21)/t10-,11-/m0/s1. The van der Waals surface area contributed by atoms with Gasteiger partial charge >= 0.3 is 0 Å². The van der Waals surface area contributed by atoms with Crippen LogP contribution >= 0.6 is 11.3 Å². The SMILES string of the molecule is O=C(Nc1nncs1)c1ccc(N[C@H]2CCCC[C@@H]2O)nc1. The second-order valence-corrected chi connectivity index (χ2v) is 6.07. The molecule has 0 saturated heterocycles. The van der Waals surface area contributed by atoms with Crippen LogP contribution in [0.2, 0.25) is 0 Å². The molecular weight excluding hydrogens is 302 g/mol. The van der Waals surface area contributed by atoms with Gasteiger partial charge < -0.3 is 10.4 Å². The predicted molar refractivity (Wildman–Crippen MR) is 84.0 cm³/mol. The van der Waals surface area contributed by atoms with Crippen LogP contribution in [-0.2, 0) is 0 Å². The normalized spacial score (nSPS) is 21.3. The molecule has 1 aliphatic carbocycles. The molecular formula is C14H17N5O2S. The number of carbonyl (C=O) groups is 1. The molecule has 2 heterocycles. The molecule has 2 atom stereocenters. The second-order valence-electron chi connectivity index (χ2n) is 5.23. The first-order valence-electron chi connectivity index (χ1n) is 7.20. The van der Waals surface area contributed by atoms with Crippen molar-refractivity contribution in [3.63, 3.8) is 0 Å². The number of anilines is 2. The van der Waals surface area contributed by atoms with Gasteiger partial charge in [0.15, 0.2) is 0 Å². The number of nitrogens with zero attached hydrogens (tertiary/aromatic N) is 3. The van der Waals surface area contributed by atoms with Gasteiger partial charge in [0.1, 0.15) is 11.3 Å². The molecule has 0 aromatic carbocycles. The number of rotatable bonds is 4. The van der Waals surface area contributed by atoms with Crippen molar-refractivity contribution in [2.75, 3.05) is 10.6 Å². The van der Waals surface area contributed by atoms with E-state index in [1.165, 1.54) is 17.5 Å². The maximum absolute atomic E-state index is 12.0. The third-order valence-corrected chi connectivity index (χ3v) is 4.28. The highest BCUT2D eigenvalue weighted by atomic mass is 32.1. The van der Waals surface area contributed by atoms with E-state index in [-0.39, 0.29) is 18.1 Å². The van der Waals surface area contributed by atoms with Gasteiger partial charge in [-0.15, -0.1) is 10.2 Å². The number of aromatic nitrogens is 3. The van der Waals surface area contributed by atoms with Gasteiger partial charge in [0.2, 0.25) is 5.13 Å². The zero-order valence-corrected chi connectivity index (χ0v) is 12.7. The van der Waals surface area contributed by atoms with E-state index in [1.807, 2.05) is 0 Å². The van der Waals surface area contributed by atoms with Crippen molar-refractivity contribution < 1.29 is 9.90 Å². The second kappa shape index (κ2) is 6.80. The smallest absolute Gasteiger partial charge is 0.259 e. The number of hydrogen-bond donors (Lipinski definition) is 3. The number of nitrogens with one attached hydrogen (secondary N) is 2. The Bertz CT molecular complexity index is 617. The number of amides is 1. The van der Waals surface area contributed by atoms with Gasteiger partial charge in [-0.05, 0) is 25.0 Å². The Morgan fingerprint density at radius 3 is 2.86 bits per heavy atom. The first-order valence-corrected chi connectivity index (χ1v) is 8.08. The Kier molecular flexibility index (Phi) is 4.59. The Hall–Kier alpha value is -2.06. The highest BCUT2D eigenvalue weighted by Gasteiger charge is 2.23. The lowest BCUT2D eigenvalue weighted by Crippen LogP contribution is -2.36. The van der Waals surface area contributed by atoms with Gasteiger partial charge in [-0.25, -0.2) is 4.98 Å². The minimum atomic E-state index is -0.337. The maximum Gasteiger partial charge on any atom is 0.259 e. The zero-order chi connectivity index (χ0) is 15.4. The van der Waals surface area contributed by atoms with Gasteiger partial charge in [-0.2, -0.15) is 0 Å². The van der Waals surface area contributed by atoms with E-state index in [0.29, 0.717) is 16.5 Å². The number of carbonyl (C=O) groups excluding carboxylic acids is 1. The zero-order valence-electron chi connectivity index (χ0n) is 11.9. The predicted octanol–water partition coefficient (Wildman–Crippen LogP) is 1.90. The summed E-state index contributed by atoms with van der Waals surface area (Å²) < 4.78 is 0. The molecule has 1 fully saturated rings. The molecule has 3 rings (SSSR count). The summed E-state index contributed by atoms with van der Waals surface area (Å²) in [7, 11) is 0. The van der Waals surface area contributed by atoms with Crippen LogP contribution in [0.15, 0.2) is 23.8 Å². The minimum Gasteiger partial charge on any atom is -0.391 e. The molecule has 7 nitrogen and oxygen atoms in total. The van der Waals surface area contributed by atoms with E-state index in [0.717, 1.165) is 25.7 Å². The summed E-state index contributed by atoms with van der Waals surface area (Å²) >= 11 is 1.26. The molecule has 2 aromatic heterocycles. The lowest BCUT2D eigenvalue weighted by molar-refractivity contribution is 0.102. The molecule has 1 amide bonds. The summed E-state index contributed by atoms with van der Waals surface area (Å²) in [5.41, 5.74) is 2.00. The summed E-state index contributed by atoms with van der Waals surface area (Å²) in [4.78, 5) is 16.2. The van der Waals surface area contributed by atoms with Crippen LogP contribution < -0.4 is 10.6 Å². The van der Waals surface area contributed by atoms with Crippen molar-refractivity contribution in [1.29, 1.82) is 0 Å². The Morgan fingerprint density at radius 2 is 2.18 bits per heavy atom. The third-order valence-electron chi connectivity index (χ3n) is 3.67. The first kappa shape index (κ1) is 14.9. The van der Waals surface area contributed by atoms with Crippen LogP contribution in [0.1, 0.15) is 36.0 Å². The van der Waals surface area contributed by atoms with Gasteiger partial charge in [-0.3, -0.25) is 10.1 Å². The van der Waals surface area contributed by atoms with Crippen molar-refractivity contribution in [2.24, 2.45) is 0 Å². The van der Waals surface area contributed by atoms with Crippen LogP contribution in [0.4, 0.5) is 10.9 Å². The number of pyridine rings is 1. The van der Waals surface area contributed by atoms with Crippen molar-refractivity contribution >= 4 is 28.2 Å². The molecule has 1 saturated carbocycles. The van der Waals surface area contributed by atoms with Gasteiger partial charge in [0.05, 0.1) is 17.7 Å². The molecule has 0 radical (unpaired) electrons. The molecule has 116 valence electrons. The molecule has 22 heavy (non-hydrogen) atoms. The van der Waals surface area contributed by atoms with E-state index < -0.39 is 0 Å². The number of aliphatic hydroxyl groups excluding tert-OH is 1. The largest absolute Gasteiger partial charge is 0.391 e. The lowest BCUT2D eigenvalue weighted by Gasteiger charge is -2.28. The van der Waals surface area contributed by atoms with Crippen LogP contribution in [0.25, 0.3) is 0 Å². The molecule has 3 N–H and O–H groups in total. The average molecular weight is 319 g/mol. The molecule has 8 heteroatoms. The fourth-order valence-electron chi connectivity index (χ4n) is 2.48. The average Bonchev–Trinajstić information content (AvgIpc) is 3.03. The number of hydrogen-bond acceptors (Lipinski definition) is 7. The van der Waals surface area contributed by atoms with Gasteiger partial charge in [0.25, 0.3) is 5.91 Å². The fourth-order valence-corrected chi connectivity index (χ4v) is 2.92. The molecule has 1 aliphatic rings. The van der Waals surface area contributed by atoms with Crippen LogP contribution in [0.5, 0.6) is 0 Å². The topological polar surface area (TPSA) is 100 Å². The maximum atomic E-state index is 12.0. The summed E-state index contributed by atoms with van der Waals surface area (Å²) in [6.07, 6.45) is 5.10. The molecule has 2 aromatic rings. The highest BCUT2D eigenvalue weighted by molar-refractivity contribution is 7.13. The fraction of sp³-hybridized carbons (Fsp3) is 0.429. The van der Waals surface area contributed by atoms with Crippen molar-refractivity contribution in [1.82, 2.24) is 15.2 Å². The lowest BCUT2D eigenvalue weighted by atomic mass is 9.92. The monoisotopic (exact) mass is 319 g/mol. The minimum absolute atomic E-state index is 0.0299. The van der Waals surface area contributed by atoms with Crippen molar-refractivity contribution in [2.45, 2.75) is 37.8 Å². The summed E-state index contributed by atoms with van der Waals surface area (Å²) in [5, 5.41) is 23.7. The van der Waals surface area contributed by atoms with Crippen molar-refractivity contribution in [3.05, 3.63) is 29.4 Å². The molecule has 0 unspecified atom stereocenters. The van der Waals surface area contributed by atoms with E-state index in [1.54, 1.807) is 17.6 Å². The van der Waals surface area contributed by atoms with Gasteiger partial charge in [0, 0.05) is 6.20 Å². The quantitative estimate of drug-likeness (QED) is 0.796. The van der Waals surface area contributed by atoms with Crippen molar-refractivity contribution in [3.8, 4) is 0 Å². The highest BCUT2D eigenvalue weighted by Crippen LogP contribution is 2.21. The van der Waals surface area contributed by atoms with Gasteiger partial charge in [-0.1, -0.05) is 24.2 Å². The Balaban J connectivity index is 1.61. The van der Waals surface area contributed by atoms with Crippen LogP contribution in [-0.4, -0.2) is 38.3 Å². The Labute approximate surface area is 131 Å². The molecule has 0 aliphatic heterocycles. The molecule has 0 bridgehead atoms. The third kappa shape index (κ3) is 3.58. The summed E-state index contributed by atoms with van der Waals surface area (Å²) in [5.74, 6) is 0.395. The Morgan fingerprint density at radius 1 is 1.32 bits per heavy atom.